The van der Waals surface area contributed by atoms with E-state index in [0.717, 1.165) is 33.9 Å². The molecule has 27 heavy (non-hydrogen) atoms. The van der Waals surface area contributed by atoms with Crippen molar-refractivity contribution in [2.24, 2.45) is 5.92 Å². The molecule has 3 aromatic heterocycles. The van der Waals surface area contributed by atoms with Crippen LogP contribution in [0.5, 0.6) is 0 Å². The molecule has 0 radical (unpaired) electrons. The van der Waals surface area contributed by atoms with E-state index >= 15 is 0 Å². The molecule has 0 amide bonds. The van der Waals surface area contributed by atoms with Gasteiger partial charge in [0.25, 0.3) is 0 Å². The second-order valence-corrected chi connectivity index (χ2v) is 8.30. The van der Waals surface area contributed by atoms with Gasteiger partial charge in [0.2, 0.25) is 5.13 Å². The highest BCUT2D eigenvalue weighted by Crippen LogP contribution is 2.37. The van der Waals surface area contributed by atoms with Crippen molar-refractivity contribution in [2.75, 3.05) is 11.1 Å². The van der Waals surface area contributed by atoms with E-state index in [0.29, 0.717) is 11.6 Å². The highest BCUT2D eigenvalue weighted by molar-refractivity contribution is 7.18. The van der Waals surface area contributed by atoms with Gasteiger partial charge in [-0.1, -0.05) is 29.6 Å². The van der Waals surface area contributed by atoms with E-state index < -0.39 is 5.60 Å². The van der Waals surface area contributed by atoms with Crippen LogP contribution in [-0.2, 0) is 0 Å². The highest BCUT2D eigenvalue weighted by Gasteiger charge is 2.24. The number of rotatable bonds is 5. The number of hydrogen-bond donors (Lipinski definition) is 3. The van der Waals surface area contributed by atoms with Gasteiger partial charge in [0.1, 0.15) is 0 Å². The van der Waals surface area contributed by atoms with Crippen molar-refractivity contribution in [1.82, 2.24) is 19.8 Å². The Morgan fingerprint density at radius 3 is 3.00 bits per heavy atom. The SMILES string of the molecule is CC(C)(O)C[C@H]1C=CCC=C1Nc1c(-c2nnc(N)s2)cnn2cccc12. The van der Waals surface area contributed by atoms with Crippen molar-refractivity contribution in [2.45, 2.75) is 32.3 Å². The zero-order chi connectivity index (χ0) is 19.0. The quantitative estimate of drug-likeness (QED) is 0.584. The van der Waals surface area contributed by atoms with Crippen LogP contribution in [0.2, 0.25) is 0 Å². The normalized spacial score (nSPS) is 17.3. The molecule has 7 nitrogen and oxygen atoms in total. The maximum absolute atomic E-state index is 10.3. The number of aromatic nitrogens is 4. The Morgan fingerprint density at radius 2 is 2.26 bits per heavy atom. The third-order valence-electron chi connectivity index (χ3n) is 4.47. The molecular formula is C19H22N6OS. The first-order valence-corrected chi connectivity index (χ1v) is 9.64. The molecular weight excluding hydrogens is 360 g/mol. The number of fused-ring (bicyclic) bond motifs is 1. The summed E-state index contributed by atoms with van der Waals surface area (Å²) in [4.78, 5) is 0. The topological polar surface area (TPSA) is 101 Å². The van der Waals surface area contributed by atoms with Crippen LogP contribution in [0.15, 0.2) is 48.5 Å². The Bertz CT molecular complexity index is 1030. The number of anilines is 2. The smallest absolute Gasteiger partial charge is 0.203 e. The van der Waals surface area contributed by atoms with Crippen LogP contribution < -0.4 is 11.1 Å². The van der Waals surface area contributed by atoms with Crippen LogP contribution in [0, 0.1) is 5.92 Å². The fourth-order valence-electron chi connectivity index (χ4n) is 3.33. The Balaban J connectivity index is 1.76. The van der Waals surface area contributed by atoms with Crippen molar-refractivity contribution >= 4 is 27.7 Å². The van der Waals surface area contributed by atoms with Crippen LogP contribution >= 0.6 is 11.3 Å². The zero-order valence-electron chi connectivity index (χ0n) is 15.3. The summed E-state index contributed by atoms with van der Waals surface area (Å²) in [6, 6.07) is 3.96. The first-order chi connectivity index (χ1) is 12.9. The number of aliphatic hydroxyl groups is 1. The van der Waals surface area contributed by atoms with Crippen LogP contribution in [-0.4, -0.2) is 30.5 Å². The third-order valence-corrected chi connectivity index (χ3v) is 5.25. The van der Waals surface area contributed by atoms with Gasteiger partial charge in [0.05, 0.1) is 28.6 Å². The predicted molar refractivity (Wildman–Crippen MR) is 108 cm³/mol. The molecule has 0 saturated carbocycles. The van der Waals surface area contributed by atoms with Crippen molar-refractivity contribution < 1.29 is 5.11 Å². The lowest BCUT2D eigenvalue weighted by Gasteiger charge is -2.28. The van der Waals surface area contributed by atoms with Crippen molar-refractivity contribution in [3.8, 4) is 10.6 Å². The molecule has 140 valence electrons. The standard InChI is InChI=1S/C19H22N6OS/c1-19(2,26)10-12-6-3-4-7-14(12)22-16-13(17-23-24-18(20)27-17)11-21-25-9-5-8-15(16)25/h3,5-9,11-12,22,26H,4,10H2,1-2H3,(H2,20,24)/t12-/m1/s1. The third kappa shape index (κ3) is 3.72. The van der Waals surface area contributed by atoms with Gasteiger partial charge in [-0.15, -0.1) is 10.2 Å². The average molecular weight is 382 g/mol. The molecule has 0 aliphatic heterocycles. The van der Waals surface area contributed by atoms with E-state index in [-0.39, 0.29) is 5.92 Å². The van der Waals surface area contributed by atoms with Gasteiger partial charge in [-0.25, -0.2) is 4.52 Å². The second-order valence-electron chi connectivity index (χ2n) is 7.29. The van der Waals surface area contributed by atoms with E-state index in [1.807, 2.05) is 36.7 Å². The first-order valence-electron chi connectivity index (χ1n) is 8.82. The average Bonchev–Trinajstić information content (AvgIpc) is 3.24. The molecule has 0 spiro atoms. The lowest BCUT2D eigenvalue weighted by molar-refractivity contribution is 0.0630. The molecule has 3 aromatic rings. The van der Waals surface area contributed by atoms with E-state index in [9.17, 15) is 5.11 Å². The van der Waals surface area contributed by atoms with Gasteiger partial charge in [-0.05, 0) is 38.8 Å². The van der Waals surface area contributed by atoms with Gasteiger partial charge in [-0.2, -0.15) is 5.10 Å². The van der Waals surface area contributed by atoms with Crippen LogP contribution in [0.4, 0.5) is 10.8 Å². The summed E-state index contributed by atoms with van der Waals surface area (Å²) in [7, 11) is 0. The highest BCUT2D eigenvalue weighted by atomic mass is 32.1. The summed E-state index contributed by atoms with van der Waals surface area (Å²) in [5, 5.41) is 27.6. The Morgan fingerprint density at radius 1 is 1.41 bits per heavy atom. The number of allylic oxidation sites excluding steroid dienone is 3. The molecule has 0 aromatic carbocycles. The van der Waals surface area contributed by atoms with Gasteiger partial charge >= 0.3 is 0 Å². The van der Waals surface area contributed by atoms with Gasteiger partial charge in [0, 0.05) is 17.8 Å². The fraction of sp³-hybridized carbons (Fsp3) is 0.316. The molecule has 0 unspecified atom stereocenters. The van der Waals surface area contributed by atoms with Gasteiger partial charge in [0.15, 0.2) is 5.01 Å². The lowest BCUT2D eigenvalue weighted by Crippen LogP contribution is -2.26. The fourth-order valence-corrected chi connectivity index (χ4v) is 3.95. The number of nitrogen functional groups attached to an aromatic ring is 1. The molecule has 4 rings (SSSR count). The maximum Gasteiger partial charge on any atom is 0.203 e. The Labute approximate surface area is 161 Å². The summed E-state index contributed by atoms with van der Waals surface area (Å²) < 4.78 is 1.82. The lowest BCUT2D eigenvalue weighted by atomic mass is 9.88. The number of nitrogens with two attached hydrogens (primary N) is 1. The minimum Gasteiger partial charge on any atom is -0.390 e. The van der Waals surface area contributed by atoms with Gasteiger partial charge in [-0.3, -0.25) is 0 Å². The molecule has 8 heteroatoms. The van der Waals surface area contributed by atoms with E-state index in [1.54, 1.807) is 6.20 Å². The van der Waals surface area contributed by atoms with Crippen molar-refractivity contribution in [3.63, 3.8) is 0 Å². The van der Waals surface area contributed by atoms with Crippen molar-refractivity contribution in [3.05, 3.63) is 48.5 Å². The summed E-state index contributed by atoms with van der Waals surface area (Å²) in [5.41, 5.74) is 8.80. The number of nitrogens with zero attached hydrogens (tertiary/aromatic N) is 4. The first kappa shape index (κ1) is 17.7. The summed E-state index contributed by atoms with van der Waals surface area (Å²) in [6.07, 6.45) is 11.6. The van der Waals surface area contributed by atoms with E-state index in [4.69, 9.17) is 5.73 Å². The summed E-state index contributed by atoms with van der Waals surface area (Å²) in [5.74, 6) is 0.106. The Hall–Kier alpha value is -2.71. The monoisotopic (exact) mass is 382 g/mol. The van der Waals surface area contributed by atoms with E-state index in [1.165, 1.54) is 11.3 Å². The van der Waals surface area contributed by atoms with Gasteiger partial charge < -0.3 is 16.2 Å². The zero-order valence-corrected chi connectivity index (χ0v) is 16.1. The number of hydrogen-bond acceptors (Lipinski definition) is 7. The molecule has 0 saturated heterocycles. The largest absolute Gasteiger partial charge is 0.390 e. The molecule has 3 heterocycles. The Kier molecular flexibility index (Phi) is 4.45. The molecule has 1 aliphatic rings. The molecule has 1 atom stereocenters. The van der Waals surface area contributed by atoms with Crippen molar-refractivity contribution in [1.29, 1.82) is 0 Å². The van der Waals surface area contributed by atoms with E-state index in [2.05, 4.69) is 38.8 Å². The number of nitrogens with one attached hydrogen (secondary N) is 1. The minimum atomic E-state index is -0.758. The minimum absolute atomic E-state index is 0.106. The predicted octanol–water partition coefficient (Wildman–Crippen LogP) is 3.47. The molecule has 0 bridgehead atoms. The molecule has 1 aliphatic carbocycles. The van der Waals surface area contributed by atoms with Crippen LogP contribution in [0.1, 0.15) is 26.7 Å². The van der Waals surface area contributed by atoms with Crippen LogP contribution in [0.3, 0.4) is 0 Å². The molecule has 0 fully saturated rings. The maximum atomic E-state index is 10.3. The summed E-state index contributed by atoms with van der Waals surface area (Å²) in [6.45, 7) is 3.67. The van der Waals surface area contributed by atoms with Crippen LogP contribution in [0.25, 0.3) is 16.1 Å². The molecule has 4 N–H and O–H groups in total. The summed E-state index contributed by atoms with van der Waals surface area (Å²) >= 11 is 1.33. The second kappa shape index (κ2) is 6.79.